The molecule has 0 amide bonds. The molecule has 0 radical (unpaired) electrons. The molecule has 0 bridgehead atoms. The van der Waals surface area contributed by atoms with E-state index in [1.54, 1.807) is 13.8 Å². The first-order valence-electron chi connectivity index (χ1n) is 8.50. The number of hydrogen-bond acceptors (Lipinski definition) is 7. The molecular formula is C17H20N4O4S. The van der Waals surface area contributed by atoms with Gasteiger partial charge in [0.05, 0.1) is 0 Å². The number of nitrogens with zero attached hydrogens (tertiary/aromatic N) is 4. The molecule has 0 unspecified atom stereocenters. The topological polar surface area (TPSA) is 92.7 Å². The molecule has 3 heterocycles. The highest BCUT2D eigenvalue weighted by Gasteiger charge is 2.32. The minimum Gasteiger partial charge on any atom is -0.423 e. The highest BCUT2D eigenvalue weighted by molar-refractivity contribution is 7.89. The van der Waals surface area contributed by atoms with Gasteiger partial charge in [-0.1, -0.05) is 17.3 Å². The number of benzene rings is 1. The summed E-state index contributed by atoms with van der Waals surface area (Å²) in [5, 5.41) is 3.77. The van der Waals surface area contributed by atoms with Crippen LogP contribution < -0.4 is 4.90 Å². The fourth-order valence-electron chi connectivity index (χ4n) is 3.29. The SMILES string of the molecule is Cc1noc(C)c1S(=O)(=O)N1CCCN(c2nc3ccccc3o2)CC1. The van der Waals surface area contributed by atoms with Crippen LogP contribution in [0.1, 0.15) is 17.9 Å². The van der Waals surface area contributed by atoms with E-state index in [-0.39, 0.29) is 4.90 Å². The highest BCUT2D eigenvalue weighted by Crippen LogP contribution is 2.26. The molecule has 26 heavy (non-hydrogen) atoms. The van der Waals surface area contributed by atoms with Gasteiger partial charge in [0.2, 0.25) is 10.0 Å². The molecule has 8 nitrogen and oxygen atoms in total. The van der Waals surface area contributed by atoms with Gasteiger partial charge in [-0.25, -0.2) is 8.42 Å². The summed E-state index contributed by atoms with van der Waals surface area (Å²) in [6.07, 6.45) is 0.682. The monoisotopic (exact) mass is 376 g/mol. The van der Waals surface area contributed by atoms with Gasteiger partial charge in [-0.15, -0.1) is 0 Å². The molecule has 138 valence electrons. The van der Waals surface area contributed by atoms with Crippen molar-refractivity contribution in [2.75, 3.05) is 31.1 Å². The molecule has 2 aromatic heterocycles. The van der Waals surface area contributed by atoms with Crippen LogP contribution in [0.25, 0.3) is 11.1 Å². The number of aryl methyl sites for hydroxylation is 2. The van der Waals surface area contributed by atoms with Crippen molar-refractivity contribution in [2.45, 2.75) is 25.2 Å². The molecule has 0 atom stereocenters. The Morgan fingerprint density at radius 1 is 1.08 bits per heavy atom. The summed E-state index contributed by atoms with van der Waals surface area (Å²) in [7, 11) is -3.63. The summed E-state index contributed by atoms with van der Waals surface area (Å²) in [5.41, 5.74) is 1.92. The molecule has 0 spiro atoms. The van der Waals surface area contributed by atoms with Crippen molar-refractivity contribution in [1.82, 2.24) is 14.4 Å². The van der Waals surface area contributed by atoms with E-state index in [0.717, 1.165) is 11.1 Å². The lowest BCUT2D eigenvalue weighted by molar-refractivity contribution is 0.389. The van der Waals surface area contributed by atoms with Crippen molar-refractivity contribution in [3.05, 3.63) is 35.7 Å². The van der Waals surface area contributed by atoms with Crippen molar-refractivity contribution in [2.24, 2.45) is 0 Å². The Morgan fingerprint density at radius 3 is 2.62 bits per heavy atom. The minimum absolute atomic E-state index is 0.174. The van der Waals surface area contributed by atoms with Gasteiger partial charge in [-0.3, -0.25) is 0 Å². The van der Waals surface area contributed by atoms with Crippen LogP contribution in [0.5, 0.6) is 0 Å². The maximum absolute atomic E-state index is 13.0. The zero-order chi connectivity index (χ0) is 18.3. The second-order valence-electron chi connectivity index (χ2n) is 6.36. The molecule has 9 heteroatoms. The Bertz CT molecular complexity index is 988. The Kier molecular flexibility index (Phi) is 4.20. The summed E-state index contributed by atoms with van der Waals surface area (Å²) >= 11 is 0. The van der Waals surface area contributed by atoms with E-state index in [4.69, 9.17) is 8.94 Å². The largest absolute Gasteiger partial charge is 0.423 e. The van der Waals surface area contributed by atoms with Gasteiger partial charge >= 0.3 is 0 Å². The summed E-state index contributed by atoms with van der Waals surface area (Å²) in [6, 6.07) is 8.11. The molecule has 0 N–H and O–H groups in total. The molecule has 0 aliphatic carbocycles. The van der Waals surface area contributed by atoms with Gasteiger partial charge in [-0.2, -0.15) is 9.29 Å². The third-order valence-corrected chi connectivity index (χ3v) is 6.72. The van der Waals surface area contributed by atoms with Crippen molar-refractivity contribution in [1.29, 1.82) is 0 Å². The van der Waals surface area contributed by atoms with Gasteiger partial charge in [0.25, 0.3) is 6.01 Å². The van der Waals surface area contributed by atoms with E-state index >= 15 is 0 Å². The number of aromatic nitrogens is 2. The number of rotatable bonds is 3. The second-order valence-corrected chi connectivity index (χ2v) is 8.24. The average molecular weight is 376 g/mol. The fourth-order valence-corrected chi connectivity index (χ4v) is 5.05. The van der Waals surface area contributed by atoms with Crippen LogP contribution in [0.4, 0.5) is 6.01 Å². The molecule has 4 rings (SSSR count). The standard InChI is InChI=1S/C17H20N4O4S/c1-12-16(13(2)25-19-12)26(22,23)21-9-5-8-20(10-11-21)17-18-14-6-3-4-7-15(14)24-17/h3-4,6-7H,5,8-11H2,1-2H3. The van der Waals surface area contributed by atoms with E-state index in [1.165, 1.54) is 4.31 Å². The number of anilines is 1. The smallest absolute Gasteiger partial charge is 0.298 e. The molecule has 1 fully saturated rings. The Hall–Kier alpha value is -2.39. The number of para-hydroxylation sites is 2. The maximum Gasteiger partial charge on any atom is 0.298 e. The lowest BCUT2D eigenvalue weighted by Gasteiger charge is -2.20. The van der Waals surface area contributed by atoms with Crippen molar-refractivity contribution in [3.63, 3.8) is 0 Å². The Labute approximate surface area is 151 Å². The van der Waals surface area contributed by atoms with Gasteiger partial charge in [0, 0.05) is 26.2 Å². The maximum atomic E-state index is 13.0. The van der Waals surface area contributed by atoms with E-state index < -0.39 is 10.0 Å². The number of sulfonamides is 1. The molecule has 1 aromatic carbocycles. The molecule has 0 saturated carbocycles. The lowest BCUT2D eigenvalue weighted by Crippen LogP contribution is -2.35. The zero-order valence-electron chi connectivity index (χ0n) is 14.7. The average Bonchev–Trinajstić information content (AvgIpc) is 3.08. The van der Waals surface area contributed by atoms with Gasteiger partial charge in [0.1, 0.15) is 16.1 Å². The van der Waals surface area contributed by atoms with Crippen molar-refractivity contribution < 1.29 is 17.4 Å². The first-order valence-corrected chi connectivity index (χ1v) is 9.94. The Balaban J connectivity index is 1.56. The third-order valence-electron chi connectivity index (χ3n) is 4.57. The normalized spacial score (nSPS) is 16.9. The van der Waals surface area contributed by atoms with Crippen LogP contribution in [0.2, 0.25) is 0 Å². The van der Waals surface area contributed by atoms with Crippen LogP contribution in [0.15, 0.2) is 38.1 Å². The lowest BCUT2D eigenvalue weighted by atomic mass is 10.3. The fraction of sp³-hybridized carbons (Fsp3) is 0.412. The quantitative estimate of drug-likeness (QED) is 0.692. The van der Waals surface area contributed by atoms with Gasteiger partial charge in [0.15, 0.2) is 11.3 Å². The van der Waals surface area contributed by atoms with Crippen LogP contribution in [0.3, 0.4) is 0 Å². The minimum atomic E-state index is -3.63. The van der Waals surface area contributed by atoms with Gasteiger partial charge in [-0.05, 0) is 32.4 Å². The van der Waals surface area contributed by atoms with Crippen LogP contribution >= 0.6 is 0 Å². The molecule has 1 saturated heterocycles. The zero-order valence-corrected chi connectivity index (χ0v) is 15.5. The number of hydrogen-bond donors (Lipinski definition) is 0. The van der Waals surface area contributed by atoms with Gasteiger partial charge < -0.3 is 13.8 Å². The van der Waals surface area contributed by atoms with E-state index in [0.29, 0.717) is 50.1 Å². The summed E-state index contributed by atoms with van der Waals surface area (Å²) in [5.74, 6) is 0.322. The first-order chi connectivity index (χ1) is 12.5. The highest BCUT2D eigenvalue weighted by atomic mass is 32.2. The van der Waals surface area contributed by atoms with E-state index in [1.807, 2.05) is 29.2 Å². The number of fused-ring (bicyclic) bond motifs is 1. The summed E-state index contributed by atoms with van der Waals surface area (Å²) < 4.78 is 38.3. The molecule has 1 aliphatic heterocycles. The van der Waals surface area contributed by atoms with Crippen LogP contribution in [0, 0.1) is 13.8 Å². The predicted molar refractivity (Wildman–Crippen MR) is 95.6 cm³/mol. The molecule has 1 aliphatic rings. The molecule has 3 aromatic rings. The summed E-state index contributed by atoms with van der Waals surface area (Å²) in [6.45, 7) is 5.24. The van der Waals surface area contributed by atoms with Crippen molar-refractivity contribution >= 4 is 27.1 Å². The van der Waals surface area contributed by atoms with Crippen LogP contribution in [-0.4, -0.2) is 49.0 Å². The summed E-state index contributed by atoms with van der Waals surface area (Å²) in [4.78, 5) is 6.67. The predicted octanol–water partition coefficient (Wildman–Crippen LogP) is 2.33. The number of oxazole rings is 1. The van der Waals surface area contributed by atoms with E-state index in [9.17, 15) is 8.42 Å². The first kappa shape index (κ1) is 17.0. The third kappa shape index (κ3) is 2.86. The Morgan fingerprint density at radius 2 is 1.88 bits per heavy atom. The van der Waals surface area contributed by atoms with Crippen LogP contribution in [-0.2, 0) is 10.0 Å². The second kappa shape index (κ2) is 6.40. The van der Waals surface area contributed by atoms with Crippen molar-refractivity contribution in [3.8, 4) is 0 Å². The van der Waals surface area contributed by atoms with E-state index in [2.05, 4.69) is 10.1 Å². The molecular weight excluding hydrogens is 356 g/mol.